The van der Waals surface area contributed by atoms with Crippen LogP contribution in [0.2, 0.25) is 0 Å². The number of hydrogen-bond donors (Lipinski definition) is 2. The first-order chi connectivity index (χ1) is 10.8. The molecular weight excluding hydrogens is 296 g/mol. The highest BCUT2D eigenvalue weighted by Gasteiger charge is 2.27. The van der Waals surface area contributed by atoms with Crippen LogP contribution in [0.1, 0.15) is 40.0 Å². The number of hydrogen-bond acceptors (Lipinski definition) is 4. The molecule has 0 aromatic rings. The Balaban J connectivity index is 1.90. The van der Waals surface area contributed by atoms with E-state index >= 15 is 0 Å². The minimum atomic E-state index is -0.323. The summed E-state index contributed by atoms with van der Waals surface area (Å²) in [5.41, 5.74) is 1.97. The van der Waals surface area contributed by atoms with Gasteiger partial charge in [0.05, 0.1) is 6.10 Å². The number of amides is 2. The topological polar surface area (TPSA) is 86.7 Å². The number of nitrogens with zero attached hydrogens (tertiary/aromatic N) is 1. The van der Waals surface area contributed by atoms with Crippen molar-refractivity contribution in [3.8, 4) is 0 Å². The van der Waals surface area contributed by atoms with Gasteiger partial charge in [0, 0.05) is 41.9 Å². The molecule has 126 valence electrons. The van der Waals surface area contributed by atoms with Crippen molar-refractivity contribution in [2.24, 2.45) is 0 Å². The van der Waals surface area contributed by atoms with Gasteiger partial charge < -0.3 is 15.3 Å². The second kappa shape index (κ2) is 7.08. The SMILES string of the molecule is CC1=C(C)C(=O)C(CCNC(=O)N2CCC(O)CC2)=C(C)C1=O. The van der Waals surface area contributed by atoms with Gasteiger partial charge >= 0.3 is 6.03 Å². The van der Waals surface area contributed by atoms with E-state index in [1.54, 1.807) is 25.7 Å². The van der Waals surface area contributed by atoms with Gasteiger partial charge in [-0.3, -0.25) is 9.59 Å². The van der Waals surface area contributed by atoms with E-state index in [4.69, 9.17) is 0 Å². The van der Waals surface area contributed by atoms with Gasteiger partial charge in [-0.05, 0) is 40.0 Å². The molecule has 6 heteroatoms. The molecule has 0 bridgehead atoms. The fraction of sp³-hybridized carbons (Fsp3) is 0.588. The highest BCUT2D eigenvalue weighted by Crippen LogP contribution is 2.25. The van der Waals surface area contributed by atoms with Gasteiger partial charge in [0.25, 0.3) is 0 Å². The van der Waals surface area contributed by atoms with E-state index in [0.717, 1.165) is 0 Å². The summed E-state index contributed by atoms with van der Waals surface area (Å²) in [6.07, 6.45) is 1.21. The molecule has 1 fully saturated rings. The van der Waals surface area contributed by atoms with Crippen molar-refractivity contribution in [2.45, 2.75) is 46.1 Å². The summed E-state index contributed by atoms with van der Waals surface area (Å²) in [5.74, 6) is -0.191. The van der Waals surface area contributed by atoms with Crippen molar-refractivity contribution >= 4 is 17.6 Å². The molecule has 1 saturated heterocycles. The van der Waals surface area contributed by atoms with Crippen molar-refractivity contribution in [1.82, 2.24) is 10.2 Å². The molecule has 0 aromatic carbocycles. The van der Waals surface area contributed by atoms with Gasteiger partial charge in [-0.2, -0.15) is 0 Å². The number of rotatable bonds is 3. The highest BCUT2D eigenvalue weighted by atomic mass is 16.3. The lowest BCUT2D eigenvalue weighted by Gasteiger charge is -2.29. The summed E-state index contributed by atoms with van der Waals surface area (Å²) in [4.78, 5) is 38.1. The van der Waals surface area contributed by atoms with Crippen LogP contribution in [0.25, 0.3) is 0 Å². The van der Waals surface area contributed by atoms with E-state index in [2.05, 4.69) is 5.32 Å². The number of carbonyl (C=O) groups is 3. The van der Waals surface area contributed by atoms with E-state index in [1.807, 2.05) is 0 Å². The van der Waals surface area contributed by atoms with E-state index in [9.17, 15) is 19.5 Å². The lowest BCUT2D eigenvalue weighted by atomic mass is 9.84. The predicted molar refractivity (Wildman–Crippen MR) is 85.9 cm³/mol. The van der Waals surface area contributed by atoms with Gasteiger partial charge in [0.2, 0.25) is 0 Å². The maximum absolute atomic E-state index is 12.3. The zero-order valence-electron chi connectivity index (χ0n) is 13.9. The van der Waals surface area contributed by atoms with Crippen molar-refractivity contribution < 1.29 is 19.5 Å². The third-order valence-corrected chi connectivity index (χ3v) is 4.71. The number of Topliss-reactive ketones (excluding diaryl/α,β-unsaturated/α-hetero) is 2. The predicted octanol–water partition coefficient (Wildman–Crippen LogP) is 1.35. The summed E-state index contributed by atoms with van der Waals surface area (Å²) >= 11 is 0. The van der Waals surface area contributed by atoms with Crippen molar-refractivity contribution in [1.29, 1.82) is 0 Å². The fourth-order valence-corrected chi connectivity index (χ4v) is 2.93. The molecule has 0 aromatic heterocycles. The summed E-state index contributed by atoms with van der Waals surface area (Å²) in [7, 11) is 0. The quantitative estimate of drug-likeness (QED) is 0.769. The number of ketones is 2. The van der Waals surface area contributed by atoms with Crippen LogP contribution >= 0.6 is 0 Å². The lowest BCUT2D eigenvalue weighted by Crippen LogP contribution is -2.45. The normalized spacial score (nSPS) is 20.4. The van der Waals surface area contributed by atoms with Crippen LogP contribution in [0.5, 0.6) is 0 Å². The molecule has 1 aliphatic carbocycles. The van der Waals surface area contributed by atoms with Crippen LogP contribution in [0.4, 0.5) is 4.79 Å². The minimum absolute atomic E-state index is 0.0894. The smallest absolute Gasteiger partial charge is 0.317 e. The number of allylic oxidation sites excluding steroid dienone is 3. The molecule has 2 N–H and O–H groups in total. The van der Waals surface area contributed by atoms with Crippen LogP contribution < -0.4 is 5.32 Å². The third kappa shape index (κ3) is 3.69. The molecule has 2 aliphatic rings. The van der Waals surface area contributed by atoms with Crippen LogP contribution in [0, 0.1) is 0 Å². The van der Waals surface area contributed by atoms with Crippen LogP contribution in [-0.2, 0) is 9.59 Å². The molecule has 0 radical (unpaired) electrons. The van der Waals surface area contributed by atoms with Crippen LogP contribution in [-0.4, -0.2) is 53.3 Å². The summed E-state index contributed by atoms with van der Waals surface area (Å²) < 4.78 is 0. The first-order valence-electron chi connectivity index (χ1n) is 8.00. The molecule has 1 heterocycles. The Kier molecular flexibility index (Phi) is 5.36. The highest BCUT2D eigenvalue weighted by molar-refractivity contribution is 6.24. The van der Waals surface area contributed by atoms with E-state index < -0.39 is 0 Å². The Morgan fingerprint density at radius 1 is 1.09 bits per heavy atom. The average molecular weight is 320 g/mol. The molecule has 0 atom stereocenters. The lowest BCUT2D eigenvalue weighted by molar-refractivity contribution is -0.116. The van der Waals surface area contributed by atoms with Crippen molar-refractivity contribution in [3.63, 3.8) is 0 Å². The van der Waals surface area contributed by atoms with Crippen molar-refractivity contribution in [2.75, 3.05) is 19.6 Å². The minimum Gasteiger partial charge on any atom is -0.393 e. The van der Waals surface area contributed by atoms with Gasteiger partial charge in [0.15, 0.2) is 11.6 Å². The number of aliphatic hydroxyl groups excluding tert-OH is 1. The maximum atomic E-state index is 12.3. The molecule has 6 nitrogen and oxygen atoms in total. The first-order valence-corrected chi connectivity index (χ1v) is 8.00. The Morgan fingerprint density at radius 3 is 2.26 bits per heavy atom. The number of piperidine rings is 1. The molecule has 1 aliphatic heterocycles. The van der Waals surface area contributed by atoms with Crippen molar-refractivity contribution in [3.05, 3.63) is 22.3 Å². The third-order valence-electron chi connectivity index (χ3n) is 4.71. The Morgan fingerprint density at radius 2 is 1.65 bits per heavy atom. The van der Waals surface area contributed by atoms with E-state index in [1.165, 1.54) is 0 Å². The zero-order valence-corrected chi connectivity index (χ0v) is 13.9. The maximum Gasteiger partial charge on any atom is 0.317 e. The fourth-order valence-electron chi connectivity index (χ4n) is 2.93. The molecule has 0 spiro atoms. The van der Waals surface area contributed by atoms with Crippen LogP contribution in [0.3, 0.4) is 0 Å². The molecule has 0 saturated carbocycles. The standard InChI is InChI=1S/C17H24N2O4/c1-10-11(2)16(22)14(12(3)15(10)21)4-7-18-17(23)19-8-5-13(20)6-9-19/h13,20H,4-9H2,1-3H3,(H,18,23). The molecule has 23 heavy (non-hydrogen) atoms. The molecule has 2 amide bonds. The number of likely N-dealkylation sites (tertiary alicyclic amines) is 1. The monoisotopic (exact) mass is 320 g/mol. The summed E-state index contributed by atoms with van der Waals surface area (Å²) in [6.45, 7) is 6.39. The molecule has 2 rings (SSSR count). The molecular formula is C17H24N2O4. The largest absolute Gasteiger partial charge is 0.393 e. The second-order valence-electron chi connectivity index (χ2n) is 6.21. The van der Waals surface area contributed by atoms with Crippen LogP contribution in [0.15, 0.2) is 22.3 Å². The Bertz CT molecular complexity index is 596. The number of nitrogens with one attached hydrogen (secondary N) is 1. The zero-order chi connectivity index (χ0) is 17.1. The van der Waals surface area contributed by atoms with E-state index in [-0.39, 0.29) is 23.7 Å². The summed E-state index contributed by atoms with van der Waals surface area (Å²) in [6, 6.07) is -0.187. The Hall–Kier alpha value is -1.95. The van der Waals surface area contributed by atoms with Gasteiger partial charge in [-0.1, -0.05) is 0 Å². The Labute approximate surface area is 136 Å². The number of aliphatic hydroxyl groups is 1. The number of urea groups is 1. The second-order valence-corrected chi connectivity index (χ2v) is 6.21. The van der Waals surface area contributed by atoms with Gasteiger partial charge in [0.1, 0.15) is 0 Å². The van der Waals surface area contributed by atoms with Gasteiger partial charge in [-0.25, -0.2) is 4.79 Å². The van der Waals surface area contributed by atoms with E-state index in [0.29, 0.717) is 61.2 Å². The summed E-state index contributed by atoms with van der Waals surface area (Å²) in [5, 5.41) is 12.2. The first kappa shape index (κ1) is 17.4. The average Bonchev–Trinajstić information content (AvgIpc) is 2.54. The molecule has 0 unspecified atom stereocenters. The number of carbonyl (C=O) groups excluding carboxylic acids is 3. The van der Waals surface area contributed by atoms with Gasteiger partial charge in [-0.15, -0.1) is 0 Å².